The molecule has 1 aliphatic heterocycles. The molecule has 2 N–H and O–H groups in total. The molecule has 1 atom stereocenters. The van der Waals surface area contributed by atoms with Crippen molar-refractivity contribution in [1.82, 2.24) is 5.32 Å². The largest absolute Gasteiger partial charge is 0.480 e. The average molecular weight is 351 g/mol. The van der Waals surface area contributed by atoms with Crippen molar-refractivity contribution in [1.29, 1.82) is 0 Å². The summed E-state index contributed by atoms with van der Waals surface area (Å²) in [4.78, 5) is 24.5. The number of piperidine rings is 1. The lowest BCUT2D eigenvalue weighted by Gasteiger charge is -2.31. The predicted octanol–water partition coefficient (Wildman–Crippen LogP) is 2.80. The van der Waals surface area contributed by atoms with Crippen molar-refractivity contribution in [2.75, 3.05) is 19.7 Å². The van der Waals surface area contributed by atoms with Gasteiger partial charge in [-0.05, 0) is 41.6 Å². The van der Waals surface area contributed by atoms with Crippen LogP contribution in [0.2, 0.25) is 0 Å². The number of hydrogen-bond acceptors (Lipinski definition) is 4. The van der Waals surface area contributed by atoms with Crippen molar-refractivity contribution in [3.63, 3.8) is 0 Å². The zero-order valence-corrected chi connectivity index (χ0v) is 14.4. The van der Waals surface area contributed by atoms with Gasteiger partial charge in [0.1, 0.15) is 6.61 Å². The van der Waals surface area contributed by atoms with Crippen LogP contribution in [0.5, 0.6) is 0 Å². The fourth-order valence-corrected chi connectivity index (χ4v) is 4.09. The fraction of sp³-hybridized carbons (Fsp3) is 0.333. The van der Waals surface area contributed by atoms with Gasteiger partial charge in [-0.1, -0.05) is 48.5 Å². The predicted molar refractivity (Wildman–Crippen MR) is 96.9 cm³/mol. The van der Waals surface area contributed by atoms with Gasteiger partial charge in [-0.15, -0.1) is 0 Å². The highest BCUT2D eigenvalue weighted by Gasteiger charge is 2.49. The normalized spacial score (nSPS) is 21.7. The Bertz CT molecular complexity index is 809. The summed E-state index contributed by atoms with van der Waals surface area (Å²) in [6.07, 6.45) is 0.961. The Morgan fingerprint density at radius 2 is 1.69 bits per heavy atom. The Hall–Kier alpha value is -2.66. The second-order valence-electron chi connectivity index (χ2n) is 6.99. The van der Waals surface area contributed by atoms with Crippen molar-refractivity contribution in [3.8, 4) is 11.1 Å². The topological polar surface area (TPSA) is 75.6 Å². The number of carboxylic acids is 1. The molecule has 0 spiro atoms. The molecule has 26 heavy (non-hydrogen) atoms. The first-order chi connectivity index (χ1) is 12.6. The van der Waals surface area contributed by atoms with Gasteiger partial charge in [0.15, 0.2) is 5.41 Å². The molecule has 0 radical (unpaired) electrons. The number of aliphatic carboxylic acids is 1. The molecule has 1 saturated heterocycles. The molecule has 1 unspecified atom stereocenters. The van der Waals surface area contributed by atoms with Crippen LogP contribution in [-0.4, -0.2) is 36.7 Å². The first kappa shape index (κ1) is 16.8. The van der Waals surface area contributed by atoms with E-state index in [2.05, 4.69) is 17.4 Å². The molecule has 2 aliphatic rings. The number of carboxylic acid groups (broad SMARTS) is 1. The summed E-state index contributed by atoms with van der Waals surface area (Å²) in [6, 6.07) is 16.2. The third-order valence-corrected chi connectivity index (χ3v) is 5.53. The lowest BCUT2D eigenvalue weighted by Crippen LogP contribution is -2.51. The van der Waals surface area contributed by atoms with E-state index in [-0.39, 0.29) is 19.1 Å². The monoisotopic (exact) mass is 351 g/mol. The summed E-state index contributed by atoms with van der Waals surface area (Å²) < 4.78 is 5.58. The van der Waals surface area contributed by atoms with Gasteiger partial charge in [-0.3, -0.25) is 9.59 Å². The highest BCUT2D eigenvalue weighted by atomic mass is 16.5. The molecule has 4 rings (SSSR count). The molecule has 1 aliphatic carbocycles. The van der Waals surface area contributed by atoms with E-state index in [0.717, 1.165) is 28.8 Å². The van der Waals surface area contributed by atoms with E-state index in [0.29, 0.717) is 12.8 Å². The second kappa shape index (κ2) is 6.57. The number of carbonyl (C=O) groups excluding carboxylic acids is 1. The van der Waals surface area contributed by atoms with Crippen LogP contribution in [0.3, 0.4) is 0 Å². The molecule has 0 aromatic heterocycles. The molecule has 0 bridgehead atoms. The zero-order chi connectivity index (χ0) is 18.1. The first-order valence-corrected chi connectivity index (χ1v) is 8.93. The minimum atomic E-state index is -1.48. The van der Waals surface area contributed by atoms with Crippen LogP contribution < -0.4 is 5.32 Å². The molecule has 2 aromatic rings. The summed E-state index contributed by atoms with van der Waals surface area (Å²) in [5, 5.41) is 12.6. The summed E-state index contributed by atoms with van der Waals surface area (Å²) in [7, 11) is 0. The lowest BCUT2D eigenvalue weighted by atomic mass is 9.81. The molecule has 134 valence electrons. The van der Waals surface area contributed by atoms with Gasteiger partial charge in [-0.2, -0.15) is 0 Å². The van der Waals surface area contributed by atoms with Crippen LogP contribution in [0.25, 0.3) is 11.1 Å². The molecule has 0 amide bonds. The van der Waals surface area contributed by atoms with E-state index in [1.807, 2.05) is 36.4 Å². The smallest absolute Gasteiger partial charge is 0.324 e. The highest BCUT2D eigenvalue weighted by molar-refractivity contribution is 5.99. The number of rotatable bonds is 4. The summed E-state index contributed by atoms with van der Waals surface area (Å²) >= 11 is 0. The minimum Gasteiger partial charge on any atom is -0.480 e. The van der Waals surface area contributed by atoms with E-state index in [9.17, 15) is 14.7 Å². The van der Waals surface area contributed by atoms with E-state index in [4.69, 9.17) is 4.74 Å². The van der Waals surface area contributed by atoms with Crippen LogP contribution >= 0.6 is 0 Å². The molecule has 1 fully saturated rings. The van der Waals surface area contributed by atoms with Crippen molar-refractivity contribution < 1.29 is 19.4 Å². The van der Waals surface area contributed by atoms with E-state index in [1.165, 1.54) is 0 Å². The van der Waals surface area contributed by atoms with E-state index >= 15 is 0 Å². The van der Waals surface area contributed by atoms with Crippen LogP contribution in [0.15, 0.2) is 48.5 Å². The number of ether oxygens (including phenoxy) is 1. The van der Waals surface area contributed by atoms with Crippen LogP contribution in [0, 0.1) is 5.41 Å². The van der Waals surface area contributed by atoms with Crippen LogP contribution in [0.1, 0.15) is 29.9 Å². The molecule has 0 saturated carbocycles. The number of hydrogen-bond donors (Lipinski definition) is 2. The standard InChI is InChI=1S/C21H21NO4/c23-19(24)21(10-5-11-22-13-21)20(25)26-12-18-16-8-3-1-6-14(16)15-7-2-4-9-17(15)18/h1-4,6-9,18,22H,5,10-13H2,(H,23,24). The van der Waals surface area contributed by atoms with E-state index in [1.54, 1.807) is 0 Å². The van der Waals surface area contributed by atoms with Crippen molar-refractivity contribution in [2.45, 2.75) is 18.8 Å². The van der Waals surface area contributed by atoms with E-state index < -0.39 is 17.4 Å². The van der Waals surface area contributed by atoms with Gasteiger partial charge in [0.2, 0.25) is 0 Å². The van der Waals surface area contributed by atoms with Crippen molar-refractivity contribution in [3.05, 3.63) is 59.7 Å². The van der Waals surface area contributed by atoms with Gasteiger partial charge in [0.25, 0.3) is 0 Å². The Kier molecular flexibility index (Phi) is 4.24. The van der Waals surface area contributed by atoms with Gasteiger partial charge >= 0.3 is 11.9 Å². The van der Waals surface area contributed by atoms with Gasteiger partial charge in [0.05, 0.1) is 0 Å². The van der Waals surface area contributed by atoms with Crippen LogP contribution in [0.4, 0.5) is 0 Å². The molecule has 1 heterocycles. The number of carbonyl (C=O) groups is 2. The summed E-state index contributed by atoms with van der Waals surface area (Å²) in [5.74, 6) is -1.81. The zero-order valence-electron chi connectivity index (χ0n) is 14.4. The first-order valence-electron chi connectivity index (χ1n) is 8.93. The number of nitrogens with one attached hydrogen (secondary N) is 1. The molecular weight excluding hydrogens is 330 g/mol. The maximum atomic E-state index is 12.7. The highest BCUT2D eigenvalue weighted by Crippen LogP contribution is 2.44. The average Bonchev–Trinajstić information content (AvgIpc) is 3.00. The third kappa shape index (κ3) is 2.59. The Morgan fingerprint density at radius 3 is 2.23 bits per heavy atom. The van der Waals surface area contributed by atoms with Gasteiger partial charge in [-0.25, -0.2) is 0 Å². The maximum Gasteiger partial charge on any atom is 0.324 e. The fourth-order valence-electron chi connectivity index (χ4n) is 4.09. The SMILES string of the molecule is O=C(O)C1(C(=O)OCC2c3ccccc3-c3ccccc32)CCCNC1. The quantitative estimate of drug-likeness (QED) is 0.654. The molecular formula is C21H21NO4. The maximum absolute atomic E-state index is 12.7. The minimum absolute atomic E-state index is 0.0613. The summed E-state index contributed by atoms with van der Waals surface area (Å²) in [6.45, 7) is 1.01. The number of esters is 1. The summed E-state index contributed by atoms with van der Waals surface area (Å²) in [5.41, 5.74) is 3.06. The Balaban J connectivity index is 1.58. The molecule has 5 nitrogen and oxygen atoms in total. The Labute approximate surface area is 152 Å². The number of fused-ring (bicyclic) bond motifs is 3. The van der Waals surface area contributed by atoms with Gasteiger partial charge < -0.3 is 15.2 Å². The third-order valence-electron chi connectivity index (χ3n) is 5.53. The van der Waals surface area contributed by atoms with Crippen LogP contribution in [-0.2, 0) is 14.3 Å². The Morgan fingerprint density at radius 1 is 1.08 bits per heavy atom. The van der Waals surface area contributed by atoms with Gasteiger partial charge in [0, 0.05) is 12.5 Å². The van der Waals surface area contributed by atoms with Crippen molar-refractivity contribution in [2.24, 2.45) is 5.41 Å². The number of benzene rings is 2. The molecule has 2 aromatic carbocycles. The lowest BCUT2D eigenvalue weighted by molar-refractivity contribution is -0.170. The second-order valence-corrected chi connectivity index (χ2v) is 6.99. The van der Waals surface area contributed by atoms with Crippen molar-refractivity contribution >= 4 is 11.9 Å². The molecule has 5 heteroatoms.